The molecule has 142 valence electrons. The van der Waals surface area contributed by atoms with Crippen LogP contribution in [0.5, 0.6) is 0 Å². The van der Waals surface area contributed by atoms with Crippen LogP contribution in [0.4, 0.5) is 0 Å². The first-order valence-electron chi connectivity index (χ1n) is 10.2. The molecular formula is C21H46O2. The van der Waals surface area contributed by atoms with Gasteiger partial charge in [-0.1, -0.05) is 103 Å². The zero-order valence-corrected chi connectivity index (χ0v) is 16.8. The first-order chi connectivity index (χ1) is 11.3. The van der Waals surface area contributed by atoms with Crippen molar-refractivity contribution < 1.29 is 9.47 Å². The van der Waals surface area contributed by atoms with Gasteiger partial charge < -0.3 is 9.47 Å². The van der Waals surface area contributed by atoms with Gasteiger partial charge in [-0.25, -0.2) is 0 Å². The quantitative estimate of drug-likeness (QED) is 0.263. The van der Waals surface area contributed by atoms with Gasteiger partial charge in [0, 0.05) is 27.9 Å². The topological polar surface area (TPSA) is 18.5 Å². The maximum atomic E-state index is 5.06. The van der Waals surface area contributed by atoms with E-state index in [1.165, 1.54) is 103 Å². The third-order valence-corrected chi connectivity index (χ3v) is 4.20. The van der Waals surface area contributed by atoms with Crippen molar-refractivity contribution >= 4 is 0 Å². The average Bonchev–Trinajstić information content (AvgIpc) is 2.55. The van der Waals surface area contributed by atoms with Crippen molar-refractivity contribution in [2.24, 2.45) is 0 Å². The normalized spacial score (nSPS) is 10.4. The van der Waals surface area contributed by atoms with E-state index in [4.69, 9.17) is 4.74 Å². The Labute approximate surface area is 147 Å². The van der Waals surface area contributed by atoms with Crippen molar-refractivity contribution in [1.29, 1.82) is 0 Å². The standard InChI is InChI=1S/C19H40O.C2H6O/c1-3-4-5-6-7-8-9-10-11-12-13-14-15-16-17-18-19-20-2;1-3-2/h3-19H2,1-2H3;1-2H3. The molecule has 0 rings (SSSR count). The summed E-state index contributed by atoms with van der Waals surface area (Å²) >= 11 is 0. The molecule has 0 N–H and O–H groups in total. The highest BCUT2D eigenvalue weighted by molar-refractivity contribution is 4.49. The Bertz CT molecular complexity index is 153. The van der Waals surface area contributed by atoms with Crippen LogP contribution >= 0.6 is 0 Å². The second-order valence-corrected chi connectivity index (χ2v) is 6.70. The van der Waals surface area contributed by atoms with Crippen molar-refractivity contribution in [3.63, 3.8) is 0 Å². The van der Waals surface area contributed by atoms with Crippen molar-refractivity contribution in [1.82, 2.24) is 0 Å². The lowest BCUT2D eigenvalue weighted by Crippen LogP contribution is -1.88. The van der Waals surface area contributed by atoms with Gasteiger partial charge in [-0.3, -0.25) is 0 Å². The lowest BCUT2D eigenvalue weighted by molar-refractivity contribution is 0.192. The lowest BCUT2D eigenvalue weighted by Gasteiger charge is -2.03. The van der Waals surface area contributed by atoms with Gasteiger partial charge in [0.1, 0.15) is 0 Å². The molecule has 0 atom stereocenters. The minimum Gasteiger partial charge on any atom is -0.388 e. The molecule has 0 fully saturated rings. The minimum absolute atomic E-state index is 0.943. The van der Waals surface area contributed by atoms with Crippen LogP contribution < -0.4 is 0 Å². The molecule has 0 aliphatic heterocycles. The molecular weight excluding hydrogens is 284 g/mol. The predicted molar refractivity (Wildman–Crippen MR) is 104 cm³/mol. The SMILES string of the molecule is CCCCCCCCCCCCCCCCCCOC.COC. The van der Waals surface area contributed by atoms with Crippen LogP contribution in [-0.2, 0) is 9.47 Å². The molecule has 0 saturated carbocycles. The third kappa shape index (κ3) is 30.4. The first kappa shape index (κ1) is 25.2. The van der Waals surface area contributed by atoms with Crippen LogP contribution in [0.1, 0.15) is 110 Å². The van der Waals surface area contributed by atoms with E-state index in [0.717, 1.165) is 6.61 Å². The Morgan fingerprint density at radius 2 is 0.696 bits per heavy atom. The van der Waals surface area contributed by atoms with E-state index in [0.29, 0.717) is 0 Å². The largest absolute Gasteiger partial charge is 0.388 e. The van der Waals surface area contributed by atoms with Gasteiger partial charge in [-0.05, 0) is 6.42 Å². The molecule has 0 amide bonds. The molecule has 0 aromatic rings. The molecule has 0 bridgehead atoms. The number of ether oxygens (including phenoxy) is 2. The summed E-state index contributed by atoms with van der Waals surface area (Å²) < 4.78 is 9.31. The summed E-state index contributed by atoms with van der Waals surface area (Å²) in [4.78, 5) is 0. The smallest absolute Gasteiger partial charge is 0.0462 e. The molecule has 0 aliphatic rings. The average molecular weight is 331 g/mol. The second-order valence-electron chi connectivity index (χ2n) is 6.70. The van der Waals surface area contributed by atoms with Gasteiger partial charge in [0.25, 0.3) is 0 Å². The van der Waals surface area contributed by atoms with Gasteiger partial charge >= 0.3 is 0 Å². The number of rotatable bonds is 17. The molecule has 0 radical (unpaired) electrons. The monoisotopic (exact) mass is 330 g/mol. The van der Waals surface area contributed by atoms with Crippen LogP contribution in [0, 0.1) is 0 Å². The minimum atomic E-state index is 0.943. The Morgan fingerprint density at radius 1 is 0.435 bits per heavy atom. The first-order valence-corrected chi connectivity index (χ1v) is 10.2. The van der Waals surface area contributed by atoms with Gasteiger partial charge in [0.05, 0.1) is 0 Å². The summed E-state index contributed by atoms with van der Waals surface area (Å²) in [6.07, 6.45) is 22.9. The Hall–Kier alpha value is -0.0800. The molecule has 2 nitrogen and oxygen atoms in total. The van der Waals surface area contributed by atoms with Crippen LogP contribution in [-0.4, -0.2) is 27.9 Å². The summed E-state index contributed by atoms with van der Waals surface area (Å²) in [7, 11) is 5.05. The predicted octanol–water partition coefficient (Wildman–Crippen LogP) is 7.16. The van der Waals surface area contributed by atoms with E-state index in [9.17, 15) is 0 Å². The summed E-state index contributed by atoms with van der Waals surface area (Å²) in [5.41, 5.74) is 0. The maximum Gasteiger partial charge on any atom is 0.0462 e. The fraction of sp³-hybridized carbons (Fsp3) is 1.00. The molecule has 2 heteroatoms. The van der Waals surface area contributed by atoms with Gasteiger partial charge in [-0.2, -0.15) is 0 Å². The van der Waals surface area contributed by atoms with E-state index < -0.39 is 0 Å². The van der Waals surface area contributed by atoms with Gasteiger partial charge in [-0.15, -0.1) is 0 Å². The van der Waals surface area contributed by atoms with Crippen LogP contribution in [0.15, 0.2) is 0 Å². The van der Waals surface area contributed by atoms with E-state index >= 15 is 0 Å². The zero-order valence-electron chi connectivity index (χ0n) is 16.8. The highest BCUT2D eigenvalue weighted by Gasteiger charge is 1.94. The fourth-order valence-corrected chi connectivity index (χ4v) is 2.79. The van der Waals surface area contributed by atoms with Gasteiger partial charge in [0.15, 0.2) is 0 Å². The summed E-state index contributed by atoms with van der Waals surface area (Å²) in [5, 5.41) is 0. The third-order valence-electron chi connectivity index (χ3n) is 4.20. The Balaban J connectivity index is 0. The Kier molecular flexibility index (Phi) is 29.3. The van der Waals surface area contributed by atoms with Crippen molar-refractivity contribution in [3.8, 4) is 0 Å². The van der Waals surface area contributed by atoms with E-state index in [1.54, 1.807) is 21.3 Å². The summed E-state index contributed by atoms with van der Waals surface area (Å²) in [6, 6.07) is 0. The Morgan fingerprint density at radius 3 is 0.957 bits per heavy atom. The van der Waals surface area contributed by atoms with Crippen molar-refractivity contribution in [2.45, 2.75) is 110 Å². The van der Waals surface area contributed by atoms with Crippen molar-refractivity contribution in [3.05, 3.63) is 0 Å². The van der Waals surface area contributed by atoms with E-state index in [2.05, 4.69) is 11.7 Å². The molecule has 0 saturated heterocycles. The second kappa shape index (κ2) is 26.8. The molecule has 0 unspecified atom stereocenters. The zero-order chi connectivity index (χ0) is 17.4. The molecule has 0 aromatic carbocycles. The summed E-state index contributed by atoms with van der Waals surface area (Å²) in [5.74, 6) is 0. The van der Waals surface area contributed by atoms with Crippen LogP contribution in [0.2, 0.25) is 0 Å². The molecule has 0 aliphatic carbocycles. The maximum absolute atomic E-state index is 5.06. The van der Waals surface area contributed by atoms with E-state index in [1.807, 2.05) is 0 Å². The number of unbranched alkanes of at least 4 members (excludes halogenated alkanes) is 15. The number of methoxy groups -OCH3 is 2. The lowest BCUT2D eigenvalue weighted by atomic mass is 10.0. The fourth-order valence-electron chi connectivity index (χ4n) is 2.79. The van der Waals surface area contributed by atoms with Crippen molar-refractivity contribution in [2.75, 3.05) is 27.9 Å². The highest BCUT2D eigenvalue weighted by Crippen LogP contribution is 2.13. The number of hydrogen-bond donors (Lipinski definition) is 0. The summed E-state index contributed by atoms with van der Waals surface area (Å²) in [6.45, 7) is 3.23. The van der Waals surface area contributed by atoms with Gasteiger partial charge in [0.2, 0.25) is 0 Å². The van der Waals surface area contributed by atoms with Crippen LogP contribution in [0.25, 0.3) is 0 Å². The number of hydrogen-bond acceptors (Lipinski definition) is 2. The molecule has 0 aromatic heterocycles. The molecule has 0 heterocycles. The molecule has 0 spiro atoms. The van der Waals surface area contributed by atoms with E-state index in [-0.39, 0.29) is 0 Å². The highest BCUT2D eigenvalue weighted by atomic mass is 16.5. The van der Waals surface area contributed by atoms with Crippen LogP contribution in [0.3, 0.4) is 0 Å². The molecule has 23 heavy (non-hydrogen) atoms.